The van der Waals surface area contributed by atoms with Crippen LogP contribution in [-0.4, -0.2) is 20.9 Å². The lowest BCUT2D eigenvalue weighted by Gasteiger charge is -2.03. The van der Waals surface area contributed by atoms with Gasteiger partial charge >= 0.3 is 5.97 Å². The highest BCUT2D eigenvalue weighted by molar-refractivity contribution is 7.18. The highest BCUT2D eigenvalue weighted by Crippen LogP contribution is 2.25. The Hall–Kier alpha value is -3.32. The summed E-state index contributed by atoms with van der Waals surface area (Å²) < 4.78 is 5.23. The van der Waals surface area contributed by atoms with Crippen LogP contribution in [0, 0.1) is 13.8 Å². The Morgan fingerprint density at radius 3 is 2.93 bits per heavy atom. The third-order valence-corrected chi connectivity index (χ3v) is 5.60. The van der Waals surface area contributed by atoms with Gasteiger partial charge in [-0.25, -0.2) is 9.78 Å². The first-order valence-electron chi connectivity index (χ1n) is 8.70. The molecule has 0 amide bonds. The van der Waals surface area contributed by atoms with Crippen LogP contribution in [0.5, 0.6) is 0 Å². The Bertz CT molecular complexity index is 1280. The molecule has 3 heterocycles. The number of aromatic nitrogens is 3. The molecule has 4 aromatic rings. The molecule has 0 aliphatic rings. The standard InChI is InChI=1S/C21H17N3O3S/c1-12-13(2)28-21-18(12)20(26)23-16(24-21)11-27-17(25)9-8-15-6-3-5-14-7-4-10-22-19(14)15/h3-10H,11H2,1-2H3,(H,23,24,26)/b9-8+. The molecule has 7 heteroatoms. The lowest BCUT2D eigenvalue weighted by atomic mass is 10.1. The van der Waals surface area contributed by atoms with Crippen molar-refractivity contribution in [3.63, 3.8) is 0 Å². The van der Waals surface area contributed by atoms with E-state index in [0.717, 1.165) is 26.9 Å². The van der Waals surface area contributed by atoms with E-state index < -0.39 is 5.97 Å². The highest BCUT2D eigenvalue weighted by Gasteiger charge is 2.12. The third kappa shape index (κ3) is 3.44. The molecule has 0 unspecified atom stereocenters. The predicted molar refractivity (Wildman–Crippen MR) is 110 cm³/mol. The predicted octanol–water partition coefficient (Wildman–Crippen LogP) is 3.91. The first kappa shape index (κ1) is 18.1. The monoisotopic (exact) mass is 391 g/mol. The third-order valence-electron chi connectivity index (χ3n) is 4.50. The average molecular weight is 391 g/mol. The van der Waals surface area contributed by atoms with Crippen molar-refractivity contribution in [3.05, 3.63) is 74.8 Å². The van der Waals surface area contributed by atoms with E-state index in [1.54, 1.807) is 12.3 Å². The SMILES string of the molecule is Cc1sc2nc(COC(=O)/C=C/c3cccc4cccnc34)[nH]c(=O)c2c1C. The number of H-pyrrole nitrogens is 1. The summed E-state index contributed by atoms with van der Waals surface area (Å²) in [6, 6.07) is 9.58. The van der Waals surface area contributed by atoms with Crippen molar-refractivity contribution in [2.24, 2.45) is 0 Å². The summed E-state index contributed by atoms with van der Waals surface area (Å²) in [5, 5.41) is 1.59. The Morgan fingerprint density at radius 1 is 1.25 bits per heavy atom. The fourth-order valence-corrected chi connectivity index (χ4v) is 4.02. The van der Waals surface area contributed by atoms with E-state index in [4.69, 9.17) is 4.74 Å². The van der Waals surface area contributed by atoms with Crippen LogP contribution >= 0.6 is 11.3 Å². The van der Waals surface area contributed by atoms with Crippen LogP contribution in [0.4, 0.5) is 0 Å². The van der Waals surface area contributed by atoms with Gasteiger partial charge in [-0.3, -0.25) is 9.78 Å². The zero-order chi connectivity index (χ0) is 19.7. The second kappa shape index (κ2) is 7.36. The smallest absolute Gasteiger partial charge is 0.331 e. The molecule has 0 radical (unpaired) electrons. The minimum atomic E-state index is -0.519. The van der Waals surface area contributed by atoms with Crippen LogP contribution in [-0.2, 0) is 16.1 Å². The molecule has 6 nitrogen and oxygen atoms in total. The van der Waals surface area contributed by atoms with Crippen LogP contribution in [0.3, 0.4) is 0 Å². The molecule has 0 aliphatic heterocycles. The van der Waals surface area contributed by atoms with E-state index in [0.29, 0.717) is 16.0 Å². The van der Waals surface area contributed by atoms with Crippen LogP contribution < -0.4 is 5.56 Å². The fraction of sp³-hybridized carbons (Fsp3) is 0.143. The van der Waals surface area contributed by atoms with Crippen molar-refractivity contribution in [1.82, 2.24) is 15.0 Å². The van der Waals surface area contributed by atoms with E-state index >= 15 is 0 Å². The number of hydrogen-bond donors (Lipinski definition) is 1. The van der Waals surface area contributed by atoms with Crippen molar-refractivity contribution < 1.29 is 9.53 Å². The lowest BCUT2D eigenvalue weighted by Crippen LogP contribution is -2.13. The zero-order valence-corrected chi connectivity index (χ0v) is 16.2. The normalized spacial score (nSPS) is 11.5. The molecule has 0 bridgehead atoms. The summed E-state index contributed by atoms with van der Waals surface area (Å²) >= 11 is 1.46. The largest absolute Gasteiger partial charge is 0.454 e. The average Bonchev–Trinajstić information content (AvgIpc) is 2.98. The summed E-state index contributed by atoms with van der Waals surface area (Å²) in [7, 11) is 0. The molecule has 1 aromatic carbocycles. The molecular formula is C21H17N3O3S. The summed E-state index contributed by atoms with van der Waals surface area (Å²) in [5.41, 5.74) is 2.36. The topological polar surface area (TPSA) is 84.9 Å². The Morgan fingerprint density at radius 2 is 2.07 bits per heavy atom. The van der Waals surface area contributed by atoms with E-state index in [1.165, 1.54) is 17.4 Å². The molecule has 0 aliphatic carbocycles. The van der Waals surface area contributed by atoms with Crippen molar-refractivity contribution >= 4 is 44.5 Å². The molecular weight excluding hydrogens is 374 g/mol. The number of fused-ring (bicyclic) bond motifs is 2. The van der Waals surface area contributed by atoms with E-state index in [-0.39, 0.29) is 12.2 Å². The number of nitrogens with zero attached hydrogens (tertiary/aromatic N) is 2. The number of carbonyl (C=O) groups excluding carboxylic acids is 1. The Balaban J connectivity index is 1.49. The van der Waals surface area contributed by atoms with Gasteiger partial charge in [0.1, 0.15) is 17.3 Å². The maximum absolute atomic E-state index is 12.3. The molecule has 1 N–H and O–H groups in total. The van der Waals surface area contributed by atoms with Gasteiger partial charge in [0.15, 0.2) is 0 Å². The highest BCUT2D eigenvalue weighted by atomic mass is 32.1. The van der Waals surface area contributed by atoms with Crippen LogP contribution in [0.2, 0.25) is 0 Å². The van der Waals surface area contributed by atoms with Crippen molar-refractivity contribution in [1.29, 1.82) is 0 Å². The van der Waals surface area contributed by atoms with Gasteiger partial charge in [0.2, 0.25) is 0 Å². The van der Waals surface area contributed by atoms with Crippen LogP contribution in [0.15, 0.2) is 47.4 Å². The minimum absolute atomic E-state index is 0.0991. The summed E-state index contributed by atoms with van der Waals surface area (Å²) in [5.74, 6) is -0.193. The number of hydrogen-bond acceptors (Lipinski definition) is 6. The van der Waals surface area contributed by atoms with Crippen LogP contribution in [0.1, 0.15) is 21.8 Å². The van der Waals surface area contributed by atoms with Gasteiger partial charge < -0.3 is 9.72 Å². The number of aryl methyl sites for hydroxylation is 2. The number of pyridine rings is 1. The molecule has 0 saturated heterocycles. The summed E-state index contributed by atoms with van der Waals surface area (Å²) in [4.78, 5) is 37.5. The zero-order valence-electron chi connectivity index (χ0n) is 15.4. The molecule has 0 saturated carbocycles. The number of para-hydroxylation sites is 1. The van der Waals surface area contributed by atoms with E-state index in [9.17, 15) is 9.59 Å². The van der Waals surface area contributed by atoms with E-state index in [1.807, 2.05) is 44.2 Å². The quantitative estimate of drug-likeness (QED) is 0.421. The lowest BCUT2D eigenvalue weighted by molar-refractivity contribution is -0.139. The molecule has 0 spiro atoms. The van der Waals surface area contributed by atoms with Crippen molar-refractivity contribution in [2.45, 2.75) is 20.5 Å². The maximum atomic E-state index is 12.3. The summed E-state index contributed by atoms with van der Waals surface area (Å²) in [6.07, 6.45) is 4.73. The van der Waals surface area contributed by atoms with Crippen LogP contribution in [0.25, 0.3) is 27.2 Å². The molecule has 4 rings (SSSR count). The van der Waals surface area contributed by atoms with E-state index in [2.05, 4.69) is 15.0 Å². The Labute approximate surface area is 164 Å². The number of carbonyl (C=O) groups is 1. The first-order valence-corrected chi connectivity index (χ1v) is 9.52. The number of thiophene rings is 1. The number of nitrogens with one attached hydrogen (secondary N) is 1. The molecule has 140 valence electrons. The van der Waals surface area contributed by atoms with Gasteiger partial charge in [0.25, 0.3) is 5.56 Å². The molecule has 3 aromatic heterocycles. The van der Waals surface area contributed by atoms with Crippen molar-refractivity contribution in [2.75, 3.05) is 0 Å². The number of ether oxygens (including phenoxy) is 1. The van der Waals surface area contributed by atoms with Crippen molar-refractivity contribution in [3.8, 4) is 0 Å². The van der Waals surface area contributed by atoms with Gasteiger partial charge in [0, 0.05) is 28.1 Å². The van der Waals surface area contributed by atoms with Gasteiger partial charge in [0.05, 0.1) is 10.9 Å². The first-order chi connectivity index (χ1) is 13.5. The van der Waals surface area contributed by atoms with Gasteiger partial charge in [-0.05, 0) is 31.6 Å². The fourth-order valence-electron chi connectivity index (χ4n) is 2.98. The van der Waals surface area contributed by atoms with Gasteiger partial charge in [-0.15, -0.1) is 11.3 Å². The number of aromatic amines is 1. The minimum Gasteiger partial charge on any atom is -0.454 e. The number of rotatable bonds is 4. The number of benzene rings is 1. The summed E-state index contributed by atoms with van der Waals surface area (Å²) in [6.45, 7) is 3.75. The second-order valence-electron chi connectivity index (χ2n) is 6.34. The maximum Gasteiger partial charge on any atom is 0.331 e. The molecule has 0 atom stereocenters. The molecule has 28 heavy (non-hydrogen) atoms. The Kier molecular flexibility index (Phi) is 4.75. The van der Waals surface area contributed by atoms with Gasteiger partial charge in [-0.1, -0.05) is 24.3 Å². The molecule has 0 fully saturated rings. The number of esters is 1. The van der Waals surface area contributed by atoms with Gasteiger partial charge in [-0.2, -0.15) is 0 Å². The second-order valence-corrected chi connectivity index (χ2v) is 7.54.